The molecule has 0 spiro atoms. The third kappa shape index (κ3) is 3.05. The number of hydrogen-bond donors (Lipinski definition) is 0. The van der Waals surface area contributed by atoms with Crippen LogP contribution in [0, 0.1) is 17.1 Å². The van der Waals surface area contributed by atoms with Crippen molar-refractivity contribution in [1.82, 2.24) is 0 Å². The fourth-order valence-corrected chi connectivity index (χ4v) is 1.63. The number of ether oxygens (including phenoxy) is 1. The van der Waals surface area contributed by atoms with Crippen molar-refractivity contribution in [3.63, 3.8) is 0 Å². The highest BCUT2D eigenvalue weighted by atomic mass is 19.3. The van der Waals surface area contributed by atoms with Crippen LogP contribution in [0.25, 0.3) is 11.1 Å². The van der Waals surface area contributed by atoms with E-state index in [1.54, 1.807) is 12.1 Å². The Morgan fingerprint density at radius 2 is 1.63 bits per heavy atom. The van der Waals surface area contributed by atoms with Crippen LogP contribution in [0.5, 0.6) is 5.75 Å². The first kappa shape index (κ1) is 13.0. The van der Waals surface area contributed by atoms with E-state index in [1.807, 2.05) is 0 Å². The normalized spacial score (nSPS) is 10.3. The van der Waals surface area contributed by atoms with E-state index in [1.165, 1.54) is 36.4 Å². The quantitative estimate of drug-likeness (QED) is 0.839. The highest BCUT2D eigenvalue weighted by molar-refractivity contribution is 5.67. The average molecular weight is 263 g/mol. The Labute approximate surface area is 107 Å². The number of halogens is 3. The average Bonchev–Trinajstić information content (AvgIpc) is 2.39. The molecule has 0 saturated heterocycles. The Kier molecular flexibility index (Phi) is 3.71. The van der Waals surface area contributed by atoms with E-state index in [9.17, 15) is 13.2 Å². The molecular formula is C14H8F3NO. The molecule has 2 aromatic rings. The molecule has 0 aliphatic rings. The second-order valence-electron chi connectivity index (χ2n) is 3.71. The summed E-state index contributed by atoms with van der Waals surface area (Å²) in [5.41, 5.74) is 1.23. The summed E-state index contributed by atoms with van der Waals surface area (Å²) in [4.78, 5) is 0. The Bertz CT molecular complexity index is 618. The van der Waals surface area contributed by atoms with Gasteiger partial charge in [0.1, 0.15) is 17.6 Å². The smallest absolute Gasteiger partial charge is 0.387 e. The van der Waals surface area contributed by atoms with E-state index in [2.05, 4.69) is 4.74 Å². The minimum atomic E-state index is -3.00. The van der Waals surface area contributed by atoms with Crippen LogP contribution in [-0.4, -0.2) is 6.61 Å². The molecule has 0 atom stereocenters. The van der Waals surface area contributed by atoms with E-state index in [-0.39, 0.29) is 17.1 Å². The second kappa shape index (κ2) is 5.44. The lowest BCUT2D eigenvalue weighted by Gasteiger charge is -2.09. The third-order valence-electron chi connectivity index (χ3n) is 2.50. The Morgan fingerprint density at radius 3 is 2.21 bits per heavy atom. The molecule has 0 aliphatic heterocycles. The number of alkyl halides is 2. The van der Waals surface area contributed by atoms with Crippen molar-refractivity contribution in [2.45, 2.75) is 6.61 Å². The minimum Gasteiger partial charge on any atom is -0.433 e. The van der Waals surface area contributed by atoms with Crippen molar-refractivity contribution < 1.29 is 17.9 Å². The van der Waals surface area contributed by atoms with Gasteiger partial charge in [-0.2, -0.15) is 14.0 Å². The second-order valence-corrected chi connectivity index (χ2v) is 3.71. The lowest BCUT2D eigenvalue weighted by Crippen LogP contribution is -2.03. The fraction of sp³-hybridized carbons (Fsp3) is 0.0714. The first-order valence-electron chi connectivity index (χ1n) is 5.35. The third-order valence-corrected chi connectivity index (χ3v) is 2.50. The predicted molar refractivity (Wildman–Crippen MR) is 63.2 cm³/mol. The summed E-state index contributed by atoms with van der Waals surface area (Å²) in [5.74, 6) is -0.583. The van der Waals surface area contributed by atoms with E-state index < -0.39 is 6.61 Å². The first-order valence-corrected chi connectivity index (χ1v) is 5.35. The van der Waals surface area contributed by atoms with Gasteiger partial charge in [0.05, 0.1) is 5.56 Å². The molecule has 19 heavy (non-hydrogen) atoms. The van der Waals surface area contributed by atoms with Gasteiger partial charge in [-0.3, -0.25) is 0 Å². The molecule has 0 aliphatic carbocycles. The van der Waals surface area contributed by atoms with Gasteiger partial charge in [-0.05, 0) is 35.4 Å². The SMILES string of the molecule is N#Cc1ccc(-c2ccc(F)cc2)cc1OC(F)F. The summed E-state index contributed by atoms with van der Waals surface area (Å²) in [6.45, 7) is -3.00. The highest BCUT2D eigenvalue weighted by Gasteiger charge is 2.11. The lowest BCUT2D eigenvalue weighted by atomic mass is 10.0. The maximum absolute atomic E-state index is 12.8. The molecule has 0 saturated carbocycles. The van der Waals surface area contributed by atoms with Crippen LogP contribution in [0.3, 0.4) is 0 Å². The molecule has 0 amide bonds. The lowest BCUT2D eigenvalue weighted by molar-refractivity contribution is -0.0500. The molecule has 0 radical (unpaired) electrons. The molecule has 0 N–H and O–H groups in total. The monoisotopic (exact) mass is 263 g/mol. The van der Waals surface area contributed by atoms with Crippen molar-refractivity contribution in [2.75, 3.05) is 0 Å². The van der Waals surface area contributed by atoms with Gasteiger partial charge in [-0.1, -0.05) is 18.2 Å². The van der Waals surface area contributed by atoms with Gasteiger partial charge in [0, 0.05) is 0 Å². The number of hydrogen-bond acceptors (Lipinski definition) is 2. The zero-order valence-electron chi connectivity index (χ0n) is 9.61. The first-order chi connectivity index (χ1) is 9.10. The van der Waals surface area contributed by atoms with E-state index in [0.29, 0.717) is 11.1 Å². The van der Waals surface area contributed by atoms with Crippen molar-refractivity contribution in [3.05, 3.63) is 53.8 Å². The van der Waals surface area contributed by atoms with Gasteiger partial charge < -0.3 is 4.74 Å². The van der Waals surface area contributed by atoms with Crippen LogP contribution >= 0.6 is 0 Å². The molecule has 96 valence electrons. The number of rotatable bonds is 3. The zero-order chi connectivity index (χ0) is 13.8. The molecule has 5 heteroatoms. The Balaban J connectivity index is 2.43. The maximum Gasteiger partial charge on any atom is 0.387 e. The number of nitriles is 1. The van der Waals surface area contributed by atoms with Gasteiger partial charge in [-0.25, -0.2) is 4.39 Å². The summed E-state index contributed by atoms with van der Waals surface area (Å²) in [6, 6.07) is 11.6. The molecule has 0 heterocycles. The number of benzene rings is 2. The van der Waals surface area contributed by atoms with E-state index >= 15 is 0 Å². The fourth-order valence-electron chi connectivity index (χ4n) is 1.63. The van der Waals surface area contributed by atoms with Gasteiger partial charge in [0.25, 0.3) is 0 Å². The van der Waals surface area contributed by atoms with Crippen LogP contribution in [0.2, 0.25) is 0 Å². The highest BCUT2D eigenvalue weighted by Crippen LogP contribution is 2.28. The maximum atomic E-state index is 12.8. The van der Waals surface area contributed by atoms with Gasteiger partial charge in [-0.15, -0.1) is 0 Å². The molecular weight excluding hydrogens is 255 g/mol. The molecule has 0 aromatic heterocycles. The van der Waals surface area contributed by atoms with E-state index in [4.69, 9.17) is 5.26 Å². The zero-order valence-corrected chi connectivity index (χ0v) is 9.61. The predicted octanol–water partition coefficient (Wildman–Crippen LogP) is 3.97. The molecule has 2 aromatic carbocycles. The van der Waals surface area contributed by atoms with Crippen LogP contribution in [0.4, 0.5) is 13.2 Å². The largest absolute Gasteiger partial charge is 0.433 e. The molecule has 0 bridgehead atoms. The molecule has 0 fully saturated rings. The van der Waals surface area contributed by atoms with Gasteiger partial charge in [0.15, 0.2) is 0 Å². The van der Waals surface area contributed by atoms with Gasteiger partial charge in [0.2, 0.25) is 0 Å². The summed E-state index contributed by atoms with van der Waals surface area (Å²) < 4.78 is 41.6. The van der Waals surface area contributed by atoms with Crippen molar-refractivity contribution in [2.24, 2.45) is 0 Å². The van der Waals surface area contributed by atoms with Crippen LogP contribution in [-0.2, 0) is 0 Å². The topological polar surface area (TPSA) is 33.0 Å². The summed E-state index contributed by atoms with van der Waals surface area (Å²) in [6.07, 6.45) is 0. The minimum absolute atomic E-state index is 0.0196. The van der Waals surface area contributed by atoms with Gasteiger partial charge >= 0.3 is 6.61 Å². The van der Waals surface area contributed by atoms with Crippen molar-refractivity contribution in [3.8, 4) is 22.9 Å². The summed E-state index contributed by atoms with van der Waals surface area (Å²) in [7, 11) is 0. The molecule has 0 unspecified atom stereocenters. The van der Waals surface area contributed by atoms with Crippen molar-refractivity contribution in [1.29, 1.82) is 5.26 Å². The summed E-state index contributed by atoms with van der Waals surface area (Å²) in [5, 5.41) is 8.80. The standard InChI is InChI=1S/C14H8F3NO/c15-12-5-3-9(4-6-12)10-1-2-11(8-18)13(7-10)19-14(16)17/h1-7,14H. The van der Waals surface area contributed by atoms with Crippen LogP contribution < -0.4 is 4.74 Å². The van der Waals surface area contributed by atoms with E-state index in [0.717, 1.165) is 0 Å². The van der Waals surface area contributed by atoms with Crippen LogP contribution in [0.1, 0.15) is 5.56 Å². The molecule has 2 rings (SSSR count). The molecule has 2 nitrogen and oxygen atoms in total. The summed E-state index contributed by atoms with van der Waals surface area (Å²) >= 11 is 0. The van der Waals surface area contributed by atoms with Crippen molar-refractivity contribution >= 4 is 0 Å². The Hall–Kier alpha value is -2.48. The van der Waals surface area contributed by atoms with Crippen LogP contribution in [0.15, 0.2) is 42.5 Å². The number of nitrogens with zero attached hydrogens (tertiary/aromatic N) is 1. The Morgan fingerprint density at radius 1 is 1.00 bits per heavy atom.